The van der Waals surface area contributed by atoms with Crippen LogP contribution < -0.4 is 10.9 Å². The highest BCUT2D eigenvalue weighted by Gasteiger charge is 2.27. The zero-order chi connectivity index (χ0) is 23.4. The molecule has 0 aliphatic heterocycles. The third-order valence-corrected chi connectivity index (χ3v) is 5.62. The zero-order valence-corrected chi connectivity index (χ0v) is 18.5. The van der Waals surface area contributed by atoms with Crippen LogP contribution in [0.1, 0.15) is 31.3 Å². The summed E-state index contributed by atoms with van der Waals surface area (Å²) in [6.45, 7) is 4.36. The minimum atomic E-state index is -0.561. The van der Waals surface area contributed by atoms with Crippen molar-refractivity contribution in [2.75, 3.05) is 5.32 Å². The van der Waals surface area contributed by atoms with E-state index in [4.69, 9.17) is 4.98 Å². The monoisotopic (exact) mass is 444 g/mol. The van der Waals surface area contributed by atoms with Crippen molar-refractivity contribution in [2.45, 2.75) is 33.0 Å². The van der Waals surface area contributed by atoms with Crippen LogP contribution in [0.5, 0.6) is 0 Å². The Kier molecular flexibility index (Phi) is 6.49. The fourth-order valence-electron chi connectivity index (χ4n) is 3.86. The first-order valence-electron chi connectivity index (χ1n) is 10.8. The van der Waals surface area contributed by atoms with Gasteiger partial charge in [0.15, 0.2) is 0 Å². The third-order valence-electron chi connectivity index (χ3n) is 5.62. The minimum Gasteiger partial charge on any atom is -0.310 e. The van der Waals surface area contributed by atoms with Crippen molar-refractivity contribution < 1.29 is 9.18 Å². The van der Waals surface area contributed by atoms with Gasteiger partial charge in [0.2, 0.25) is 0 Å². The molecule has 0 fully saturated rings. The summed E-state index contributed by atoms with van der Waals surface area (Å²) in [6.07, 6.45) is 0. The van der Waals surface area contributed by atoms with E-state index in [0.29, 0.717) is 23.3 Å². The van der Waals surface area contributed by atoms with E-state index in [1.165, 1.54) is 12.1 Å². The Hall–Kier alpha value is -4.00. The number of hydrogen-bond donors (Lipinski definition) is 1. The molecule has 168 valence electrons. The Bertz CT molecular complexity index is 1340. The molecule has 3 aromatic carbocycles. The van der Waals surface area contributed by atoms with E-state index in [9.17, 15) is 14.0 Å². The minimum absolute atomic E-state index is 0.0899. The molecule has 0 aliphatic rings. The second-order valence-corrected chi connectivity index (χ2v) is 7.74. The average molecular weight is 445 g/mol. The molecule has 2 amide bonds. The van der Waals surface area contributed by atoms with Crippen molar-refractivity contribution in [1.82, 2.24) is 14.5 Å². The molecule has 6 nitrogen and oxygen atoms in total. The molecule has 1 aromatic heterocycles. The summed E-state index contributed by atoms with van der Waals surface area (Å²) >= 11 is 0. The lowest BCUT2D eigenvalue weighted by Crippen LogP contribution is -2.39. The first kappa shape index (κ1) is 22.2. The molecule has 4 aromatic rings. The number of benzene rings is 3. The van der Waals surface area contributed by atoms with Gasteiger partial charge in [-0.3, -0.25) is 9.36 Å². The van der Waals surface area contributed by atoms with E-state index in [1.807, 2.05) is 50.2 Å². The second kappa shape index (κ2) is 9.65. The Morgan fingerprint density at radius 1 is 1.03 bits per heavy atom. The van der Waals surface area contributed by atoms with E-state index in [-0.39, 0.29) is 17.8 Å². The maximum Gasteiger partial charge on any atom is 0.322 e. The van der Waals surface area contributed by atoms with Crippen molar-refractivity contribution in [1.29, 1.82) is 0 Å². The summed E-state index contributed by atoms with van der Waals surface area (Å²) in [5.41, 5.74) is 1.41. The van der Waals surface area contributed by atoms with Crippen LogP contribution in [0.25, 0.3) is 10.9 Å². The SMILES string of the molecule is CCn1c(C(C)N(Cc2ccccc2)C(=O)Nc2ccccc2F)nc2ccccc2c1=O. The Morgan fingerprint density at radius 3 is 2.42 bits per heavy atom. The Morgan fingerprint density at radius 2 is 1.70 bits per heavy atom. The highest BCUT2D eigenvalue weighted by atomic mass is 19.1. The summed E-state index contributed by atoms with van der Waals surface area (Å²) in [6, 6.07) is 21.6. The van der Waals surface area contributed by atoms with Gasteiger partial charge in [-0.05, 0) is 43.7 Å². The second-order valence-electron chi connectivity index (χ2n) is 7.74. The van der Waals surface area contributed by atoms with Crippen LogP contribution in [0.3, 0.4) is 0 Å². The number of anilines is 1. The maximum atomic E-state index is 14.2. The maximum absolute atomic E-state index is 14.2. The lowest BCUT2D eigenvalue weighted by Gasteiger charge is -2.30. The Labute approximate surface area is 191 Å². The van der Waals surface area contributed by atoms with Gasteiger partial charge in [0.05, 0.1) is 22.6 Å². The molecule has 33 heavy (non-hydrogen) atoms. The van der Waals surface area contributed by atoms with Crippen molar-refractivity contribution in [2.24, 2.45) is 0 Å². The first-order chi connectivity index (χ1) is 16.0. The van der Waals surface area contributed by atoms with Gasteiger partial charge < -0.3 is 10.2 Å². The van der Waals surface area contributed by atoms with Crippen LogP contribution in [0.15, 0.2) is 83.7 Å². The van der Waals surface area contributed by atoms with Crippen LogP contribution in [-0.4, -0.2) is 20.5 Å². The van der Waals surface area contributed by atoms with E-state index in [0.717, 1.165) is 5.56 Å². The fraction of sp³-hybridized carbons (Fsp3) is 0.192. The van der Waals surface area contributed by atoms with Gasteiger partial charge in [-0.2, -0.15) is 0 Å². The topological polar surface area (TPSA) is 67.2 Å². The van der Waals surface area contributed by atoms with Gasteiger partial charge in [-0.1, -0.05) is 54.6 Å². The molecule has 0 saturated heterocycles. The molecule has 4 rings (SSSR count). The smallest absolute Gasteiger partial charge is 0.310 e. The summed E-state index contributed by atoms with van der Waals surface area (Å²) in [4.78, 5) is 32.8. The lowest BCUT2D eigenvalue weighted by atomic mass is 10.1. The van der Waals surface area contributed by atoms with Gasteiger partial charge in [0, 0.05) is 13.1 Å². The van der Waals surface area contributed by atoms with E-state index >= 15 is 0 Å². The number of hydrogen-bond acceptors (Lipinski definition) is 3. The molecule has 0 spiro atoms. The summed E-state index contributed by atoms with van der Waals surface area (Å²) < 4.78 is 15.8. The van der Waals surface area contributed by atoms with Gasteiger partial charge >= 0.3 is 6.03 Å². The molecule has 0 radical (unpaired) electrons. The van der Waals surface area contributed by atoms with Crippen LogP contribution in [0.4, 0.5) is 14.9 Å². The molecule has 0 bridgehead atoms. The normalized spacial score (nSPS) is 11.8. The number of amides is 2. The van der Waals surface area contributed by atoms with Crippen molar-refractivity contribution >= 4 is 22.6 Å². The summed E-state index contributed by atoms with van der Waals surface area (Å²) in [5.74, 6) is -0.0479. The number of para-hydroxylation sites is 2. The number of carbonyl (C=O) groups is 1. The third kappa shape index (κ3) is 4.62. The zero-order valence-electron chi connectivity index (χ0n) is 18.5. The number of aromatic nitrogens is 2. The highest BCUT2D eigenvalue weighted by Crippen LogP contribution is 2.24. The van der Waals surface area contributed by atoms with Crippen LogP contribution in [0, 0.1) is 5.82 Å². The molecular formula is C26H25FN4O2. The van der Waals surface area contributed by atoms with Gasteiger partial charge in [0.1, 0.15) is 11.6 Å². The average Bonchev–Trinajstić information content (AvgIpc) is 2.84. The van der Waals surface area contributed by atoms with Crippen molar-refractivity contribution in [3.05, 3.63) is 106 Å². The molecule has 1 N–H and O–H groups in total. The molecule has 7 heteroatoms. The largest absolute Gasteiger partial charge is 0.322 e. The van der Waals surface area contributed by atoms with Crippen molar-refractivity contribution in [3.8, 4) is 0 Å². The number of rotatable bonds is 6. The molecule has 1 heterocycles. The summed E-state index contributed by atoms with van der Waals surface area (Å²) in [7, 11) is 0. The van der Waals surface area contributed by atoms with Gasteiger partial charge in [0.25, 0.3) is 5.56 Å². The van der Waals surface area contributed by atoms with Gasteiger partial charge in [-0.25, -0.2) is 14.2 Å². The van der Waals surface area contributed by atoms with Crippen LogP contribution >= 0.6 is 0 Å². The fourth-order valence-corrected chi connectivity index (χ4v) is 3.86. The molecule has 0 saturated carbocycles. The molecule has 1 unspecified atom stereocenters. The van der Waals surface area contributed by atoms with E-state index < -0.39 is 17.9 Å². The highest BCUT2D eigenvalue weighted by molar-refractivity contribution is 5.89. The quantitative estimate of drug-likeness (QED) is 0.436. The van der Waals surface area contributed by atoms with E-state index in [1.54, 1.807) is 39.8 Å². The van der Waals surface area contributed by atoms with Crippen molar-refractivity contribution in [3.63, 3.8) is 0 Å². The predicted octanol–water partition coefficient (Wildman–Crippen LogP) is 5.35. The molecular weight excluding hydrogens is 419 g/mol. The van der Waals surface area contributed by atoms with Gasteiger partial charge in [-0.15, -0.1) is 0 Å². The number of nitrogens with one attached hydrogen (secondary N) is 1. The lowest BCUT2D eigenvalue weighted by molar-refractivity contribution is 0.184. The number of nitrogens with zero attached hydrogens (tertiary/aromatic N) is 3. The molecule has 1 atom stereocenters. The number of fused-ring (bicyclic) bond motifs is 1. The molecule has 0 aliphatic carbocycles. The summed E-state index contributed by atoms with van der Waals surface area (Å²) in [5, 5.41) is 3.20. The number of halogens is 1. The standard InChI is InChI=1S/C26H25FN4O2/c1-3-30-24(28-22-15-9-7-13-20(22)25(30)32)18(2)31(17-19-11-5-4-6-12-19)26(33)29-23-16-10-8-14-21(23)27/h4-16,18H,3,17H2,1-2H3,(H,29,33). The van der Waals surface area contributed by atoms with E-state index in [2.05, 4.69) is 5.32 Å². The predicted molar refractivity (Wildman–Crippen MR) is 127 cm³/mol. The van der Waals surface area contributed by atoms with Crippen LogP contribution in [0.2, 0.25) is 0 Å². The first-order valence-corrected chi connectivity index (χ1v) is 10.8. The van der Waals surface area contributed by atoms with Crippen LogP contribution in [-0.2, 0) is 13.1 Å². The Balaban J connectivity index is 1.77. The number of carbonyl (C=O) groups excluding carboxylic acids is 1. The number of urea groups is 1.